The summed E-state index contributed by atoms with van der Waals surface area (Å²) in [5, 5.41) is 18.9. The Kier molecular flexibility index (Phi) is 4.37. The Morgan fingerprint density at radius 1 is 1.45 bits per heavy atom. The van der Waals surface area contributed by atoms with Crippen LogP contribution in [0.15, 0.2) is 36.7 Å². The highest BCUT2D eigenvalue weighted by atomic mass is 16.3. The normalized spacial score (nSPS) is 11.9. The van der Waals surface area contributed by atoms with Crippen molar-refractivity contribution in [1.29, 1.82) is 0 Å². The molecule has 0 bridgehead atoms. The summed E-state index contributed by atoms with van der Waals surface area (Å²) < 4.78 is 1.70. The van der Waals surface area contributed by atoms with Crippen LogP contribution in [-0.2, 0) is 7.05 Å². The summed E-state index contributed by atoms with van der Waals surface area (Å²) in [5.41, 5.74) is 2.20. The van der Waals surface area contributed by atoms with Crippen LogP contribution in [0, 0.1) is 0 Å². The lowest BCUT2D eigenvalue weighted by atomic mass is 10.1. The van der Waals surface area contributed by atoms with E-state index in [4.69, 9.17) is 5.11 Å². The van der Waals surface area contributed by atoms with Crippen LogP contribution in [0.3, 0.4) is 0 Å². The van der Waals surface area contributed by atoms with Crippen LogP contribution in [0.2, 0.25) is 0 Å². The maximum absolute atomic E-state index is 12.0. The Morgan fingerprint density at radius 2 is 2.25 bits per heavy atom. The highest BCUT2D eigenvalue weighted by Crippen LogP contribution is 2.17. The van der Waals surface area contributed by atoms with Crippen molar-refractivity contribution in [2.75, 3.05) is 11.9 Å². The number of aliphatic hydroxyl groups is 1. The second-order valence-corrected chi connectivity index (χ2v) is 4.67. The Morgan fingerprint density at radius 3 is 2.90 bits per heavy atom. The quantitative estimate of drug-likeness (QED) is 0.767. The van der Waals surface area contributed by atoms with Gasteiger partial charge in [-0.2, -0.15) is 5.10 Å². The van der Waals surface area contributed by atoms with Crippen LogP contribution in [0.1, 0.15) is 17.3 Å². The van der Waals surface area contributed by atoms with E-state index in [1.165, 1.54) is 0 Å². The molecule has 1 aromatic heterocycles. The minimum Gasteiger partial charge on any atom is -0.394 e. The molecule has 0 spiro atoms. The summed E-state index contributed by atoms with van der Waals surface area (Å²) in [6.45, 7) is 1.66. The number of carbonyl (C=O) groups is 1. The molecule has 106 valence electrons. The molecular formula is C14H18N4O2. The average molecular weight is 274 g/mol. The van der Waals surface area contributed by atoms with E-state index >= 15 is 0 Å². The number of hydrogen-bond donors (Lipinski definition) is 3. The predicted octanol–water partition coefficient (Wildman–Crippen LogP) is 1.27. The molecule has 0 aliphatic rings. The molecule has 0 aliphatic carbocycles. The van der Waals surface area contributed by atoms with Gasteiger partial charge in [0.25, 0.3) is 5.91 Å². The van der Waals surface area contributed by atoms with Crippen molar-refractivity contribution in [3.05, 3.63) is 42.2 Å². The smallest absolute Gasteiger partial charge is 0.251 e. The van der Waals surface area contributed by atoms with Crippen molar-refractivity contribution in [2.45, 2.75) is 13.0 Å². The van der Waals surface area contributed by atoms with Gasteiger partial charge < -0.3 is 15.7 Å². The first-order valence-corrected chi connectivity index (χ1v) is 6.36. The third-order valence-corrected chi connectivity index (χ3v) is 2.77. The monoisotopic (exact) mass is 274 g/mol. The molecular weight excluding hydrogens is 256 g/mol. The van der Waals surface area contributed by atoms with Gasteiger partial charge in [0.2, 0.25) is 0 Å². The second-order valence-electron chi connectivity index (χ2n) is 4.67. The lowest BCUT2D eigenvalue weighted by Gasteiger charge is -2.11. The summed E-state index contributed by atoms with van der Waals surface area (Å²) >= 11 is 0. The van der Waals surface area contributed by atoms with Gasteiger partial charge in [0.05, 0.1) is 18.5 Å². The Hall–Kier alpha value is -2.34. The zero-order valence-electron chi connectivity index (χ0n) is 11.5. The van der Waals surface area contributed by atoms with E-state index < -0.39 is 0 Å². The molecule has 1 amide bonds. The van der Waals surface area contributed by atoms with E-state index in [1.54, 1.807) is 36.0 Å². The van der Waals surface area contributed by atoms with Crippen LogP contribution in [-0.4, -0.2) is 33.4 Å². The lowest BCUT2D eigenvalue weighted by Crippen LogP contribution is -2.34. The van der Waals surface area contributed by atoms with Gasteiger partial charge in [0, 0.05) is 30.5 Å². The Bertz CT molecular complexity index is 594. The summed E-state index contributed by atoms with van der Waals surface area (Å²) in [5.74, 6) is -0.207. The van der Waals surface area contributed by atoms with Gasteiger partial charge in [-0.05, 0) is 25.1 Å². The zero-order chi connectivity index (χ0) is 14.5. The highest BCUT2D eigenvalue weighted by molar-refractivity contribution is 5.95. The van der Waals surface area contributed by atoms with Gasteiger partial charge in [0.15, 0.2) is 0 Å². The first-order valence-electron chi connectivity index (χ1n) is 6.36. The molecule has 1 heterocycles. The number of nitrogens with one attached hydrogen (secondary N) is 2. The summed E-state index contributed by atoms with van der Waals surface area (Å²) in [6, 6.07) is 6.90. The van der Waals surface area contributed by atoms with Crippen molar-refractivity contribution in [2.24, 2.45) is 7.05 Å². The molecule has 0 fully saturated rings. The van der Waals surface area contributed by atoms with Gasteiger partial charge in [-0.1, -0.05) is 6.07 Å². The van der Waals surface area contributed by atoms with Crippen LogP contribution in [0.25, 0.3) is 0 Å². The topological polar surface area (TPSA) is 79.2 Å². The minimum atomic E-state index is -0.266. The molecule has 0 saturated carbocycles. The molecule has 1 atom stereocenters. The number of hydrogen-bond acceptors (Lipinski definition) is 4. The van der Waals surface area contributed by atoms with E-state index in [0.717, 1.165) is 11.4 Å². The summed E-state index contributed by atoms with van der Waals surface area (Å²) in [6.07, 6.45) is 3.56. The molecule has 0 radical (unpaired) electrons. The van der Waals surface area contributed by atoms with Crippen molar-refractivity contribution >= 4 is 17.3 Å². The van der Waals surface area contributed by atoms with Crippen LogP contribution >= 0.6 is 0 Å². The van der Waals surface area contributed by atoms with Gasteiger partial charge in [0.1, 0.15) is 0 Å². The van der Waals surface area contributed by atoms with Crippen molar-refractivity contribution in [1.82, 2.24) is 15.1 Å². The Balaban J connectivity index is 2.09. The van der Waals surface area contributed by atoms with Crippen LogP contribution < -0.4 is 10.6 Å². The van der Waals surface area contributed by atoms with Crippen LogP contribution in [0.5, 0.6) is 0 Å². The molecule has 0 saturated heterocycles. The fourth-order valence-electron chi connectivity index (χ4n) is 1.74. The second kappa shape index (κ2) is 6.21. The van der Waals surface area contributed by atoms with Gasteiger partial charge in [-0.25, -0.2) is 0 Å². The number of benzene rings is 1. The number of rotatable bonds is 5. The van der Waals surface area contributed by atoms with Crippen LogP contribution in [0.4, 0.5) is 11.4 Å². The maximum Gasteiger partial charge on any atom is 0.251 e. The number of aliphatic hydroxyl groups excluding tert-OH is 1. The molecule has 3 N–H and O–H groups in total. The highest BCUT2D eigenvalue weighted by Gasteiger charge is 2.09. The number of amides is 1. The molecule has 2 rings (SSSR count). The fraction of sp³-hybridized carbons (Fsp3) is 0.286. The first kappa shape index (κ1) is 14.1. The SMILES string of the molecule is CC(CO)NC(=O)c1cccc(Nc2cnn(C)c2)c1. The molecule has 0 aliphatic heterocycles. The minimum absolute atomic E-state index is 0.0840. The van der Waals surface area contributed by atoms with E-state index in [2.05, 4.69) is 15.7 Å². The van der Waals surface area contributed by atoms with E-state index in [1.807, 2.05) is 19.3 Å². The molecule has 6 nitrogen and oxygen atoms in total. The zero-order valence-corrected chi connectivity index (χ0v) is 11.5. The first-order chi connectivity index (χ1) is 9.58. The third kappa shape index (κ3) is 3.58. The number of aromatic nitrogens is 2. The predicted molar refractivity (Wildman–Crippen MR) is 76.9 cm³/mol. The van der Waals surface area contributed by atoms with Crippen molar-refractivity contribution in [3.63, 3.8) is 0 Å². The van der Waals surface area contributed by atoms with Gasteiger partial charge in [-0.3, -0.25) is 9.48 Å². The van der Waals surface area contributed by atoms with E-state index in [-0.39, 0.29) is 18.6 Å². The largest absolute Gasteiger partial charge is 0.394 e. The average Bonchev–Trinajstić information content (AvgIpc) is 2.84. The van der Waals surface area contributed by atoms with Gasteiger partial charge >= 0.3 is 0 Å². The molecule has 6 heteroatoms. The van der Waals surface area contributed by atoms with E-state index in [0.29, 0.717) is 5.56 Å². The van der Waals surface area contributed by atoms with Gasteiger partial charge in [-0.15, -0.1) is 0 Å². The van der Waals surface area contributed by atoms with Crippen molar-refractivity contribution < 1.29 is 9.90 Å². The maximum atomic E-state index is 12.0. The third-order valence-electron chi connectivity index (χ3n) is 2.77. The number of aryl methyl sites for hydroxylation is 1. The molecule has 2 aromatic rings. The molecule has 20 heavy (non-hydrogen) atoms. The lowest BCUT2D eigenvalue weighted by molar-refractivity contribution is 0.0922. The summed E-state index contributed by atoms with van der Waals surface area (Å²) in [7, 11) is 1.84. The standard InChI is InChI=1S/C14H18N4O2/c1-10(9-19)16-14(20)11-4-3-5-12(6-11)17-13-7-15-18(2)8-13/h3-8,10,17,19H,9H2,1-2H3,(H,16,20). The number of carbonyl (C=O) groups excluding carboxylic acids is 1. The molecule has 1 aromatic carbocycles. The van der Waals surface area contributed by atoms with Crippen molar-refractivity contribution in [3.8, 4) is 0 Å². The fourth-order valence-corrected chi connectivity index (χ4v) is 1.74. The van der Waals surface area contributed by atoms with E-state index in [9.17, 15) is 4.79 Å². The summed E-state index contributed by atoms with van der Waals surface area (Å²) in [4.78, 5) is 12.0. The Labute approximate surface area is 117 Å². The molecule has 1 unspecified atom stereocenters. The number of anilines is 2. The number of nitrogens with zero attached hydrogens (tertiary/aromatic N) is 2.